The molecule has 0 radical (unpaired) electrons. The van der Waals surface area contributed by atoms with Gasteiger partial charge in [0.15, 0.2) is 0 Å². The molecule has 0 amide bonds. The lowest BCUT2D eigenvalue weighted by atomic mass is 10.2. The number of benzene rings is 1. The zero-order valence-corrected chi connectivity index (χ0v) is 18.7. The third-order valence-corrected chi connectivity index (χ3v) is 7.31. The Labute approximate surface area is 181 Å². The summed E-state index contributed by atoms with van der Waals surface area (Å²) in [5, 5.41) is 4.49. The number of morpholine rings is 2. The minimum absolute atomic E-state index is 0.136. The topological polar surface area (TPSA) is 90.0 Å². The molecule has 9 nitrogen and oxygen atoms in total. The Hall–Kier alpha value is -1.63. The average molecular weight is 455 g/mol. The fourth-order valence-electron chi connectivity index (χ4n) is 3.83. The molecule has 0 saturated carbocycles. The van der Waals surface area contributed by atoms with Crippen molar-refractivity contribution in [1.82, 2.24) is 19.0 Å². The lowest BCUT2D eigenvalue weighted by molar-refractivity contribution is -0.0778. The molecule has 0 bridgehead atoms. The normalized spacial score (nSPS) is 24.2. The molecule has 2 saturated heterocycles. The lowest BCUT2D eigenvalue weighted by Gasteiger charge is -2.34. The second-order valence-electron chi connectivity index (χ2n) is 7.65. The first-order valence-corrected chi connectivity index (χ1v) is 11.8. The smallest absolute Gasteiger partial charge is 0.288 e. The molecule has 1 aromatic heterocycles. The van der Waals surface area contributed by atoms with Gasteiger partial charge in [-0.15, -0.1) is 5.10 Å². The predicted octanol–water partition coefficient (Wildman–Crippen LogP) is 1.96. The van der Waals surface area contributed by atoms with E-state index < -0.39 is 10.0 Å². The first kappa shape index (κ1) is 21.6. The Morgan fingerprint density at radius 2 is 1.87 bits per heavy atom. The Morgan fingerprint density at radius 1 is 1.17 bits per heavy atom. The third kappa shape index (κ3) is 4.66. The van der Waals surface area contributed by atoms with E-state index in [2.05, 4.69) is 10.00 Å². The van der Waals surface area contributed by atoms with Crippen molar-refractivity contribution in [3.05, 3.63) is 29.1 Å². The van der Waals surface area contributed by atoms with Gasteiger partial charge >= 0.3 is 0 Å². The standard InChI is InChI=1S/C19H26N4O5S2/c1-14-11-21(12-15(2)27-14)13-23-19(29)28-18(20-23)16-4-3-5-17(10-16)30(24,25)22-6-8-26-9-7-22/h3-5,10,14-15H,6-9,11-13H2,1-2H3/t14-,15+. The number of rotatable bonds is 5. The van der Waals surface area contributed by atoms with Crippen LogP contribution in [-0.4, -0.2) is 79.0 Å². The molecule has 2 aromatic rings. The van der Waals surface area contributed by atoms with Crippen molar-refractivity contribution in [2.45, 2.75) is 37.6 Å². The SMILES string of the molecule is C[C@@H]1CN(Cn2nc(-c3cccc(S(=O)(=O)N4CCOCC4)c3)oc2=S)C[C@H](C)O1. The van der Waals surface area contributed by atoms with E-state index in [-0.39, 0.29) is 21.9 Å². The van der Waals surface area contributed by atoms with Crippen molar-refractivity contribution in [2.24, 2.45) is 0 Å². The van der Waals surface area contributed by atoms with E-state index in [1.807, 2.05) is 13.8 Å². The number of ether oxygens (including phenoxy) is 2. The van der Waals surface area contributed by atoms with E-state index >= 15 is 0 Å². The fraction of sp³-hybridized carbons (Fsp3) is 0.579. The summed E-state index contributed by atoms with van der Waals surface area (Å²) in [6.45, 7) is 7.62. The van der Waals surface area contributed by atoms with Crippen LogP contribution in [0.15, 0.2) is 33.6 Å². The van der Waals surface area contributed by atoms with Gasteiger partial charge in [-0.2, -0.15) is 4.31 Å². The maximum absolute atomic E-state index is 12.9. The molecular formula is C19H26N4O5S2. The minimum atomic E-state index is -3.60. The van der Waals surface area contributed by atoms with Crippen LogP contribution in [0.4, 0.5) is 0 Å². The largest absolute Gasteiger partial charge is 0.409 e. The van der Waals surface area contributed by atoms with E-state index in [9.17, 15) is 8.42 Å². The second kappa shape index (κ2) is 8.85. The molecular weight excluding hydrogens is 428 g/mol. The second-order valence-corrected chi connectivity index (χ2v) is 9.94. The number of sulfonamides is 1. The van der Waals surface area contributed by atoms with Crippen LogP contribution in [0.3, 0.4) is 0 Å². The summed E-state index contributed by atoms with van der Waals surface area (Å²) in [6, 6.07) is 6.61. The molecule has 11 heteroatoms. The molecule has 3 heterocycles. The van der Waals surface area contributed by atoms with E-state index in [4.69, 9.17) is 26.1 Å². The highest BCUT2D eigenvalue weighted by atomic mass is 32.2. The van der Waals surface area contributed by atoms with Crippen LogP contribution < -0.4 is 0 Å². The predicted molar refractivity (Wildman–Crippen MR) is 112 cm³/mol. The zero-order chi connectivity index (χ0) is 21.3. The van der Waals surface area contributed by atoms with Crippen LogP contribution in [0.25, 0.3) is 11.5 Å². The Kier molecular flexibility index (Phi) is 6.37. The van der Waals surface area contributed by atoms with Gasteiger partial charge in [0.05, 0.1) is 37.0 Å². The highest BCUT2D eigenvalue weighted by molar-refractivity contribution is 7.89. The van der Waals surface area contributed by atoms with Gasteiger partial charge in [-0.3, -0.25) is 4.90 Å². The summed E-state index contributed by atoms with van der Waals surface area (Å²) in [7, 11) is -3.60. The van der Waals surface area contributed by atoms with E-state index in [0.29, 0.717) is 44.4 Å². The number of nitrogens with zero attached hydrogens (tertiary/aromatic N) is 4. The zero-order valence-electron chi connectivity index (χ0n) is 17.1. The summed E-state index contributed by atoms with van der Waals surface area (Å²) >= 11 is 5.34. The monoisotopic (exact) mass is 454 g/mol. The number of aromatic nitrogens is 2. The molecule has 2 atom stereocenters. The number of hydrogen-bond donors (Lipinski definition) is 0. The van der Waals surface area contributed by atoms with Crippen molar-refractivity contribution in [3.8, 4) is 11.5 Å². The molecule has 2 aliphatic heterocycles. The van der Waals surface area contributed by atoms with Gasteiger partial charge in [-0.25, -0.2) is 13.1 Å². The third-order valence-electron chi connectivity index (χ3n) is 5.12. The van der Waals surface area contributed by atoms with Gasteiger partial charge in [0.1, 0.15) is 0 Å². The summed E-state index contributed by atoms with van der Waals surface area (Å²) in [5.74, 6) is 0.299. The molecule has 2 aliphatic rings. The summed E-state index contributed by atoms with van der Waals surface area (Å²) in [6.07, 6.45) is 0.271. The molecule has 0 spiro atoms. The highest BCUT2D eigenvalue weighted by Crippen LogP contribution is 2.24. The summed E-state index contributed by atoms with van der Waals surface area (Å²) in [5.41, 5.74) is 0.567. The van der Waals surface area contributed by atoms with E-state index in [0.717, 1.165) is 13.1 Å². The van der Waals surface area contributed by atoms with Gasteiger partial charge in [-0.05, 0) is 44.3 Å². The van der Waals surface area contributed by atoms with Crippen LogP contribution in [0, 0.1) is 4.84 Å². The Morgan fingerprint density at radius 3 is 2.57 bits per heavy atom. The maximum atomic E-state index is 12.9. The molecule has 1 aromatic carbocycles. The first-order valence-electron chi connectivity index (χ1n) is 9.97. The lowest BCUT2D eigenvalue weighted by Crippen LogP contribution is -2.46. The molecule has 0 aliphatic carbocycles. The molecule has 2 fully saturated rings. The van der Waals surface area contributed by atoms with Gasteiger partial charge < -0.3 is 13.9 Å². The van der Waals surface area contributed by atoms with Crippen molar-refractivity contribution >= 4 is 22.2 Å². The van der Waals surface area contributed by atoms with Crippen LogP contribution in [0.2, 0.25) is 0 Å². The highest BCUT2D eigenvalue weighted by Gasteiger charge is 2.27. The molecule has 0 unspecified atom stereocenters. The summed E-state index contributed by atoms with van der Waals surface area (Å²) < 4.78 is 45.7. The van der Waals surface area contributed by atoms with Gasteiger partial charge in [0.25, 0.3) is 4.84 Å². The first-order chi connectivity index (χ1) is 14.3. The summed E-state index contributed by atoms with van der Waals surface area (Å²) in [4.78, 5) is 2.66. The van der Waals surface area contributed by atoms with Crippen LogP contribution in [0.5, 0.6) is 0 Å². The molecule has 4 rings (SSSR count). The van der Waals surface area contributed by atoms with Gasteiger partial charge in [0.2, 0.25) is 15.9 Å². The van der Waals surface area contributed by atoms with E-state index in [1.54, 1.807) is 28.9 Å². The Balaban J connectivity index is 1.56. The van der Waals surface area contributed by atoms with Crippen molar-refractivity contribution in [3.63, 3.8) is 0 Å². The van der Waals surface area contributed by atoms with Crippen LogP contribution >= 0.6 is 12.2 Å². The average Bonchev–Trinajstić information content (AvgIpc) is 3.08. The van der Waals surface area contributed by atoms with Crippen molar-refractivity contribution in [2.75, 3.05) is 39.4 Å². The fourth-order valence-corrected chi connectivity index (χ4v) is 5.46. The molecule has 30 heavy (non-hydrogen) atoms. The minimum Gasteiger partial charge on any atom is -0.409 e. The van der Waals surface area contributed by atoms with Gasteiger partial charge in [0, 0.05) is 31.7 Å². The number of hydrogen-bond acceptors (Lipinski definition) is 8. The van der Waals surface area contributed by atoms with Crippen LogP contribution in [0.1, 0.15) is 13.8 Å². The maximum Gasteiger partial charge on any atom is 0.288 e. The van der Waals surface area contributed by atoms with Crippen LogP contribution in [-0.2, 0) is 26.2 Å². The molecule has 0 N–H and O–H groups in total. The Bertz CT molecular complexity index is 1040. The van der Waals surface area contributed by atoms with E-state index in [1.165, 1.54) is 4.31 Å². The quantitative estimate of drug-likeness (QED) is 0.634. The molecule has 164 valence electrons. The van der Waals surface area contributed by atoms with Crippen molar-refractivity contribution in [1.29, 1.82) is 0 Å². The van der Waals surface area contributed by atoms with Gasteiger partial charge in [-0.1, -0.05) is 6.07 Å². The van der Waals surface area contributed by atoms with Crippen molar-refractivity contribution < 1.29 is 22.3 Å².